The lowest BCUT2D eigenvalue weighted by molar-refractivity contribution is -0.120. The molecule has 0 aromatic heterocycles. The Kier molecular flexibility index (Phi) is 6.01. The van der Waals surface area contributed by atoms with Crippen molar-refractivity contribution in [1.29, 1.82) is 0 Å². The highest BCUT2D eigenvalue weighted by Gasteiger charge is 2.40. The van der Waals surface area contributed by atoms with Gasteiger partial charge >= 0.3 is 0 Å². The summed E-state index contributed by atoms with van der Waals surface area (Å²) in [4.78, 5) is 27.9. The summed E-state index contributed by atoms with van der Waals surface area (Å²) in [7, 11) is 0. The van der Waals surface area contributed by atoms with Crippen molar-refractivity contribution in [3.63, 3.8) is 0 Å². The third kappa shape index (κ3) is 4.51. The van der Waals surface area contributed by atoms with Crippen molar-refractivity contribution in [2.75, 3.05) is 10.2 Å². The van der Waals surface area contributed by atoms with Crippen molar-refractivity contribution in [2.24, 2.45) is 0 Å². The monoisotopic (exact) mass is 444 g/mol. The lowest BCUT2D eigenvalue weighted by atomic mass is 10.0. The van der Waals surface area contributed by atoms with Gasteiger partial charge in [-0.05, 0) is 75.2 Å². The van der Waals surface area contributed by atoms with Crippen LogP contribution < -0.4 is 15.0 Å². The summed E-state index contributed by atoms with van der Waals surface area (Å²) < 4.78 is 19.6. The van der Waals surface area contributed by atoms with Crippen LogP contribution >= 0.6 is 0 Å². The highest BCUT2D eigenvalue weighted by Crippen LogP contribution is 2.35. The van der Waals surface area contributed by atoms with E-state index in [0.29, 0.717) is 11.3 Å². The minimum atomic E-state index is -0.539. The van der Waals surface area contributed by atoms with E-state index < -0.39 is 17.6 Å². The number of nitrogens with one attached hydrogen (secondary N) is 1. The first kappa shape index (κ1) is 22.3. The number of ether oxygens (including phenoxy) is 1. The largest absolute Gasteiger partial charge is 0.491 e. The van der Waals surface area contributed by atoms with Gasteiger partial charge in [-0.2, -0.15) is 0 Å². The number of anilines is 2. The van der Waals surface area contributed by atoms with E-state index in [4.69, 9.17) is 4.74 Å². The van der Waals surface area contributed by atoms with Gasteiger partial charge in [0.15, 0.2) is 0 Å². The van der Waals surface area contributed by atoms with Crippen LogP contribution in [0.25, 0.3) is 5.57 Å². The van der Waals surface area contributed by atoms with Gasteiger partial charge in [0, 0.05) is 5.69 Å². The van der Waals surface area contributed by atoms with Crippen molar-refractivity contribution in [3.8, 4) is 5.75 Å². The minimum Gasteiger partial charge on any atom is -0.491 e. The molecule has 168 valence electrons. The molecule has 0 fully saturated rings. The summed E-state index contributed by atoms with van der Waals surface area (Å²) in [5, 5.41) is 3.17. The molecule has 1 aliphatic rings. The molecule has 1 N–H and O–H groups in total. The topological polar surface area (TPSA) is 58.6 Å². The van der Waals surface area contributed by atoms with Crippen LogP contribution in [0.4, 0.5) is 15.8 Å². The van der Waals surface area contributed by atoms with Crippen LogP contribution in [-0.4, -0.2) is 17.9 Å². The highest BCUT2D eigenvalue weighted by atomic mass is 19.1. The van der Waals surface area contributed by atoms with Gasteiger partial charge < -0.3 is 10.1 Å². The highest BCUT2D eigenvalue weighted by molar-refractivity contribution is 6.46. The normalized spacial score (nSPS) is 13.8. The number of amides is 2. The third-order valence-corrected chi connectivity index (χ3v) is 5.31. The van der Waals surface area contributed by atoms with E-state index in [0.717, 1.165) is 21.7 Å². The third-order valence-electron chi connectivity index (χ3n) is 5.31. The summed E-state index contributed by atoms with van der Waals surface area (Å²) in [5.74, 6) is -0.920. The Morgan fingerprint density at radius 3 is 2.27 bits per heavy atom. The molecule has 0 radical (unpaired) electrons. The van der Waals surface area contributed by atoms with Gasteiger partial charge in [-0.3, -0.25) is 9.59 Å². The number of halogens is 1. The number of carbonyl (C=O) groups excluding carboxylic acids is 2. The van der Waals surface area contributed by atoms with Gasteiger partial charge in [-0.15, -0.1) is 0 Å². The molecular formula is C27H25FN2O3. The summed E-state index contributed by atoms with van der Waals surface area (Å²) in [6, 6.07) is 18.3. The molecule has 3 aromatic rings. The molecule has 5 nitrogen and oxygen atoms in total. The maximum atomic E-state index is 13.9. The zero-order valence-corrected chi connectivity index (χ0v) is 19.0. The molecule has 0 bridgehead atoms. The van der Waals surface area contributed by atoms with Crippen LogP contribution in [0.5, 0.6) is 5.75 Å². The maximum Gasteiger partial charge on any atom is 0.282 e. The Morgan fingerprint density at radius 2 is 1.64 bits per heavy atom. The van der Waals surface area contributed by atoms with E-state index in [2.05, 4.69) is 5.32 Å². The first-order valence-electron chi connectivity index (χ1n) is 10.7. The molecule has 2 amide bonds. The molecule has 0 unspecified atom stereocenters. The van der Waals surface area contributed by atoms with Crippen LogP contribution in [0.15, 0.2) is 72.4 Å². The molecule has 0 spiro atoms. The molecule has 4 rings (SSSR count). The smallest absolute Gasteiger partial charge is 0.282 e. The molecule has 6 heteroatoms. The second-order valence-corrected chi connectivity index (χ2v) is 8.31. The quantitative estimate of drug-likeness (QED) is 0.501. The number of carbonyl (C=O) groups is 2. The number of imide groups is 1. The average Bonchev–Trinajstić information content (AvgIpc) is 3.00. The predicted octanol–water partition coefficient (Wildman–Crippen LogP) is 5.63. The number of benzene rings is 3. The molecule has 0 aliphatic carbocycles. The number of aryl methyl sites for hydroxylation is 2. The number of nitrogens with zero attached hydrogens (tertiary/aromatic N) is 1. The Labute approximate surface area is 192 Å². The van der Waals surface area contributed by atoms with Crippen molar-refractivity contribution in [1.82, 2.24) is 0 Å². The van der Waals surface area contributed by atoms with Gasteiger partial charge in [-0.1, -0.05) is 35.9 Å². The fraction of sp³-hybridized carbons (Fsp3) is 0.185. The molecule has 0 atom stereocenters. The number of hydrogen-bond acceptors (Lipinski definition) is 4. The number of rotatable bonds is 6. The van der Waals surface area contributed by atoms with Crippen LogP contribution in [0.1, 0.15) is 30.5 Å². The van der Waals surface area contributed by atoms with Gasteiger partial charge in [0.25, 0.3) is 11.8 Å². The van der Waals surface area contributed by atoms with E-state index in [1.165, 1.54) is 24.3 Å². The zero-order chi connectivity index (χ0) is 23.7. The lowest BCUT2D eigenvalue weighted by Gasteiger charge is -2.16. The van der Waals surface area contributed by atoms with Gasteiger partial charge in [0.05, 0.1) is 17.4 Å². The summed E-state index contributed by atoms with van der Waals surface area (Å²) >= 11 is 0. The maximum absolute atomic E-state index is 13.9. The van der Waals surface area contributed by atoms with Crippen molar-refractivity contribution < 1.29 is 18.7 Å². The predicted molar refractivity (Wildman–Crippen MR) is 128 cm³/mol. The van der Waals surface area contributed by atoms with Crippen LogP contribution in [0.2, 0.25) is 0 Å². The Hall–Kier alpha value is -3.93. The second kappa shape index (κ2) is 8.90. The van der Waals surface area contributed by atoms with E-state index in [1.807, 2.05) is 45.9 Å². The van der Waals surface area contributed by atoms with E-state index in [-0.39, 0.29) is 23.1 Å². The first-order valence-corrected chi connectivity index (χ1v) is 10.7. The van der Waals surface area contributed by atoms with Crippen molar-refractivity contribution in [3.05, 3.63) is 94.9 Å². The molecule has 3 aromatic carbocycles. The van der Waals surface area contributed by atoms with Gasteiger partial charge in [0.1, 0.15) is 17.3 Å². The molecular weight excluding hydrogens is 419 g/mol. The summed E-state index contributed by atoms with van der Waals surface area (Å²) in [6.07, 6.45) is 0.00923. The zero-order valence-electron chi connectivity index (χ0n) is 19.0. The summed E-state index contributed by atoms with van der Waals surface area (Å²) in [5.41, 5.74) is 3.86. The van der Waals surface area contributed by atoms with E-state index >= 15 is 0 Å². The minimum absolute atomic E-state index is 0.00923. The second-order valence-electron chi connectivity index (χ2n) is 8.31. The Balaban J connectivity index is 1.80. The van der Waals surface area contributed by atoms with Crippen molar-refractivity contribution in [2.45, 2.75) is 33.8 Å². The summed E-state index contributed by atoms with van der Waals surface area (Å²) in [6.45, 7) is 7.77. The Bertz CT molecular complexity index is 1260. The molecule has 33 heavy (non-hydrogen) atoms. The van der Waals surface area contributed by atoms with Gasteiger partial charge in [0.2, 0.25) is 0 Å². The fourth-order valence-corrected chi connectivity index (χ4v) is 3.82. The number of hydrogen-bond donors (Lipinski definition) is 1. The SMILES string of the molecule is Cc1ccc(NC2=C(c3ccc(OC(C)C)cc3)C(=O)N(c3cccc(F)c3)C2=O)c(C)c1. The van der Waals surface area contributed by atoms with Crippen LogP contribution in [0, 0.1) is 19.7 Å². The Morgan fingerprint density at radius 1 is 0.909 bits per heavy atom. The van der Waals surface area contributed by atoms with E-state index in [1.54, 1.807) is 24.3 Å². The first-order chi connectivity index (χ1) is 15.7. The lowest BCUT2D eigenvalue weighted by Crippen LogP contribution is -2.32. The molecule has 1 heterocycles. The molecule has 0 saturated carbocycles. The van der Waals surface area contributed by atoms with Crippen molar-refractivity contribution >= 4 is 28.8 Å². The fourth-order valence-electron chi connectivity index (χ4n) is 3.82. The van der Waals surface area contributed by atoms with Gasteiger partial charge in [-0.25, -0.2) is 9.29 Å². The standard InChI is InChI=1S/C27H25FN2O3/c1-16(2)33-22-11-9-19(10-12-22)24-25(29-23-13-8-17(3)14-18(23)4)27(32)30(26(24)31)21-7-5-6-20(28)15-21/h5-16,29H,1-4H3. The average molecular weight is 445 g/mol. The van der Waals surface area contributed by atoms with Crippen LogP contribution in [-0.2, 0) is 9.59 Å². The molecule has 0 saturated heterocycles. The van der Waals surface area contributed by atoms with E-state index in [9.17, 15) is 14.0 Å². The molecule has 1 aliphatic heterocycles. The van der Waals surface area contributed by atoms with Crippen LogP contribution in [0.3, 0.4) is 0 Å².